The fourth-order valence-corrected chi connectivity index (χ4v) is 4.22. The van der Waals surface area contributed by atoms with E-state index in [2.05, 4.69) is 4.98 Å². The van der Waals surface area contributed by atoms with Crippen LogP contribution in [0.4, 0.5) is 0 Å². The molecule has 0 aliphatic carbocycles. The Morgan fingerprint density at radius 2 is 1.81 bits per heavy atom. The first-order valence-electron chi connectivity index (χ1n) is 8.28. The molecule has 3 aromatic heterocycles. The van der Waals surface area contributed by atoms with E-state index >= 15 is 0 Å². The Bertz CT molecular complexity index is 1210. The van der Waals surface area contributed by atoms with Crippen LogP contribution in [-0.4, -0.2) is 14.1 Å². The second-order valence-electron chi connectivity index (χ2n) is 6.17. The first kappa shape index (κ1) is 16.5. The van der Waals surface area contributed by atoms with E-state index in [1.165, 1.54) is 15.9 Å². The molecule has 0 amide bonds. The zero-order chi connectivity index (χ0) is 18.3. The van der Waals surface area contributed by atoms with E-state index in [0.29, 0.717) is 22.4 Å². The Morgan fingerprint density at radius 3 is 2.50 bits per heavy atom. The van der Waals surface area contributed by atoms with Gasteiger partial charge in [0.1, 0.15) is 4.83 Å². The van der Waals surface area contributed by atoms with E-state index < -0.39 is 0 Å². The number of benzene rings is 1. The van der Waals surface area contributed by atoms with Crippen molar-refractivity contribution >= 4 is 21.6 Å². The standard InChI is InChI=1S/C20H17N3O2S/c1-13-14(2)26-19-17(13)18(24)23(16-8-4-3-5-9-16)20(25)22(19)12-15-7-6-10-21-11-15/h3-11H,12H2,1-2H3. The van der Waals surface area contributed by atoms with Gasteiger partial charge in [0.2, 0.25) is 0 Å². The van der Waals surface area contributed by atoms with Crippen LogP contribution in [0.2, 0.25) is 0 Å². The van der Waals surface area contributed by atoms with Crippen LogP contribution in [0.3, 0.4) is 0 Å². The van der Waals surface area contributed by atoms with Crippen molar-refractivity contribution in [1.29, 1.82) is 0 Å². The summed E-state index contributed by atoms with van der Waals surface area (Å²) in [6.45, 7) is 4.28. The highest BCUT2D eigenvalue weighted by Gasteiger charge is 2.19. The van der Waals surface area contributed by atoms with Crippen LogP contribution in [0, 0.1) is 13.8 Å². The molecule has 5 nitrogen and oxygen atoms in total. The lowest BCUT2D eigenvalue weighted by molar-refractivity contribution is 0.717. The van der Waals surface area contributed by atoms with Crippen LogP contribution >= 0.6 is 11.3 Å². The maximum Gasteiger partial charge on any atom is 0.337 e. The summed E-state index contributed by atoms with van der Waals surface area (Å²) in [5.41, 5.74) is 1.82. The molecule has 130 valence electrons. The van der Waals surface area contributed by atoms with Crippen molar-refractivity contribution in [3.8, 4) is 5.69 Å². The number of rotatable bonds is 3. The minimum Gasteiger partial charge on any atom is -0.279 e. The van der Waals surface area contributed by atoms with Crippen LogP contribution in [-0.2, 0) is 6.54 Å². The zero-order valence-electron chi connectivity index (χ0n) is 14.5. The molecule has 0 saturated heterocycles. The third-order valence-electron chi connectivity index (χ3n) is 4.53. The lowest BCUT2D eigenvalue weighted by atomic mass is 10.2. The number of hydrogen-bond donors (Lipinski definition) is 0. The third kappa shape index (κ3) is 2.59. The highest BCUT2D eigenvalue weighted by molar-refractivity contribution is 7.18. The smallest absolute Gasteiger partial charge is 0.279 e. The van der Waals surface area contributed by atoms with Crippen molar-refractivity contribution in [2.45, 2.75) is 20.4 Å². The van der Waals surface area contributed by atoms with E-state index in [-0.39, 0.29) is 11.2 Å². The van der Waals surface area contributed by atoms with Gasteiger partial charge in [0.15, 0.2) is 0 Å². The summed E-state index contributed by atoms with van der Waals surface area (Å²) in [5, 5.41) is 0.611. The predicted molar refractivity (Wildman–Crippen MR) is 104 cm³/mol. The van der Waals surface area contributed by atoms with Gasteiger partial charge in [-0.05, 0) is 43.2 Å². The molecule has 0 spiro atoms. The number of thiophene rings is 1. The number of hydrogen-bond acceptors (Lipinski definition) is 4. The highest BCUT2D eigenvalue weighted by Crippen LogP contribution is 2.27. The zero-order valence-corrected chi connectivity index (χ0v) is 15.3. The minimum absolute atomic E-state index is 0.263. The van der Waals surface area contributed by atoms with Crippen LogP contribution in [0.1, 0.15) is 16.0 Å². The Hall–Kier alpha value is -2.99. The van der Waals surface area contributed by atoms with Gasteiger partial charge in [0.05, 0.1) is 17.6 Å². The van der Waals surface area contributed by atoms with Gasteiger partial charge in [-0.3, -0.25) is 14.3 Å². The fourth-order valence-electron chi connectivity index (χ4n) is 3.08. The normalized spacial score (nSPS) is 11.2. The molecule has 4 rings (SSSR count). The Balaban J connectivity index is 2.09. The van der Waals surface area contributed by atoms with Crippen LogP contribution in [0.15, 0.2) is 64.4 Å². The number of pyridine rings is 1. The molecule has 0 N–H and O–H groups in total. The van der Waals surface area contributed by atoms with Crippen LogP contribution in [0.25, 0.3) is 15.9 Å². The van der Waals surface area contributed by atoms with Crippen molar-refractivity contribution in [3.63, 3.8) is 0 Å². The topological polar surface area (TPSA) is 56.9 Å². The number of aryl methyl sites for hydroxylation is 2. The van der Waals surface area contributed by atoms with E-state index in [9.17, 15) is 9.59 Å². The molecular formula is C20H17N3O2S. The molecule has 4 aromatic rings. The van der Waals surface area contributed by atoms with Gasteiger partial charge >= 0.3 is 5.69 Å². The van der Waals surface area contributed by atoms with Gasteiger partial charge in [-0.2, -0.15) is 0 Å². The van der Waals surface area contributed by atoms with Gasteiger partial charge in [-0.1, -0.05) is 24.3 Å². The van der Waals surface area contributed by atoms with E-state index in [0.717, 1.165) is 16.0 Å². The van der Waals surface area contributed by atoms with Crippen LogP contribution < -0.4 is 11.2 Å². The van der Waals surface area contributed by atoms with Crippen LogP contribution in [0.5, 0.6) is 0 Å². The average molecular weight is 363 g/mol. The Kier molecular flexibility index (Phi) is 4.05. The first-order valence-corrected chi connectivity index (χ1v) is 9.09. The molecule has 6 heteroatoms. The SMILES string of the molecule is Cc1sc2c(c1C)c(=O)n(-c1ccccc1)c(=O)n2Cc1cccnc1. The van der Waals surface area contributed by atoms with Crippen molar-refractivity contribution < 1.29 is 0 Å². The monoisotopic (exact) mass is 363 g/mol. The largest absolute Gasteiger partial charge is 0.337 e. The minimum atomic E-state index is -0.334. The lowest BCUT2D eigenvalue weighted by Crippen LogP contribution is -2.38. The summed E-state index contributed by atoms with van der Waals surface area (Å²) in [4.78, 5) is 32.3. The average Bonchev–Trinajstić information content (AvgIpc) is 2.96. The Labute approximate surface area is 153 Å². The van der Waals surface area contributed by atoms with Crippen molar-refractivity contribution in [2.24, 2.45) is 0 Å². The first-order chi connectivity index (χ1) is 12.6. The summed E-state index contributed by atoms with van der Waals surface area (Å²) < 4.78 is 2.93. The quantitative estimate of drug-likeness (QED) is 0.561. The molecule has 0 saturated carbocycles. The van der Waals surface area contributed by atoms with Crippen molar-refractivity contribution in [1.82, 2.24) is 14.1 Å². The Morgan fingerprint density at radius 1 is 1.04 bits per heavy atom. The number of fused-ring (bicyclic) bond motifs is 1. The van der Waals surface area contributed by atoms with Gasteiger partial charge in [0.25, 0.3) is 5.56 Å². The predicted octanol–water partition coefficient (Wildman–Crippen LogP) is 3.27. The molecule has 0 bridgehead atoms. The molecule has 0 unspecified atom stereocenters. The lowest BCUT2D eigenvalue weighted by Gasteiger charge is -2.12. The summed E-state index contributed by atoms with van der Waals surface area (Å²) in [5.74, 6) is 0. The van der Waals surface area contributed by atoms with E-state index in [1.54, 1.807) is 29.1 Å². The third-order valence-corrected chi connectivity index (χ3v) is 5.76. The summed E-state index contributed by atoms with van der Waals surface area (Å²) >= 11 is 1.49. The number of para-hydroxylation sites is 1. The fraction of sp³-hybridized carbons (Fsp3) is 0.150. The molecular weight excluding hydrogens is 346 g/mol. The van der Waals surface area contributed by atoms with Gasteiger partial charge in [-0.15, -0.1) is 11.3 Å². The summed E-state index contributed by atoms with van der Waals surface area (Å²) in [7, 11) is 0. The molecule has 0 radical (unpaired) electrons. The van der Waals surface area contributed by atoms with E-state index in [1.807, 2.05) is 44.2 Å². The highest BCUT2D eigenvalue weighted by atomic mass is 32.1. The summed E-state index contributed by atoms with van der Waals surface area (Å²) in [6, 6.07) is 12.8. The molecule has 3 heterocycles. The second kappa shape index (κ2) is 6.38. The van der Waals surface area contributed by atoms with Gasteiger partial charge in [-0.25, -0.2) is 9.36 Å². The molecule has 0 aliphatic rings. The maximum absolute atomic E-state index is 13.2. The van der Waals surface area contributed by atoms with Gasteiger partial charge < -0.3 is 0 Å². The molecule has 0 atom stereocenters. The second-order valence-corrected chi connectivity index (χ2v) is 7.37. The molecule has 0 fully saturated rings. The van der Waals surface area contributed by atoms with Crippen molar-refractivity contribution in [2.75, 3.05) is 0 Å². The summed E-state index contributed by atoms with van der Waals surface area (Å²) in [6.07, 6.45) is 3.44. The van der Waals surface area contributed by atoms with Gasteiger partial charge in [0, 0.05) is 17.3 Å². The van der Waals surface area contributed by atoms with E-state index in [4.69, 9.17) is 0 Å². The molecule has 1 aromatic carbocycles. The van der Waals surface area contributed by atoms with Crippen molar-refractivity contribution in [3.05, 3.63) is 91.7 Å². The maximum atomic E-state index is 13.2. The molecule has 26 heavy (non-hydrogen) atoms. The molecule has 0 aliphatic heterocycles. The number of nitrogens with zero attached hydrogens (tertiary/aromatic N) is 3. The number of aromatic nitrogens is 3.